The van der Waals surface area contributed by atoms with Crippen LogP contribution >= 0.6 is 0 Å². The van der Waals surface area contributed by atoms with Gasteiger partial charge in [-0.15, -0.1) is 0 Å². The van der Waals surface area contributed by atoms with Crippen LogP contribution in [0, 0.1) is 0 Å². The van der Waals surface area contributed by atoms with Crippen molar-refractivity contribution in [2.24, 2.45) is 0 Å². The minimum Gasteiger partial charge on any atom is -0.466 e. The van der Waals surface area contributed by atoms with Crippen molar-refractivity contribution in [3.8, 4) is 0 Å². The molecule has 0 saturated carbocycles. The summed E-state index contributed by atoms with van der Waals surface area (Å²) < 4.78 is 5.46. The van der Waals surface area contributed by atoms with Gasteiger partial charge in [-0.1, -0.05) is 262 Å². The molecule has 0 rings (SSSR count). The zero-order chi connectivity index (χ0) is 47.2. The minimum atomic E-state index is -0.859. The third-order valence-electron chi connectivity index (χ3n) is 13.2. The van der Waals surface area contributed by atoms with Gasteiger partial charge >= 0.3 is 5.97 Å². The fourth-order valence-electron chi connectivity index (χ4n) is 8.74. The lowest BCUT2D eigenvalue weighted by Crippen LogP contribution is -2.45. The standard InChI is InChI=1S/C59H111NO5/c1-3-5-7-9-11-13-15-17-19-20-21-25-29-33-37-41-45-49-53-59(64)65-54-50-46-42-38-34-30-26-22-24-28-32-36-40-44-48-52-58(63)60-56(55-61)57(62)51-47-43-39-35-31-27-23-18-16-14-12-10-8-6-4-2/h22,26,30,34,47,51,56-57,61-62H,3-21,23-25,27-29,31-33,35-46,48-50,52-55H2,1-2H3,(H,60,63)/b26-22-,34-30-,51-47+. The first-order chi connectivity index (χ1) is 32.0. The van der Waals surface area contributed by atoms with E-state index in [0.717, 1.165) is 77.0 Å². The molecular formula is C59H111NO5. The summed E-state index contributed by atoms with van der Waals surface area (Å²) in [6.07, 6.45) is 67.4. The van der Waals surface area contributed by atoms with Gasteiger partial charge < -0.3 is 20.3 Å². The second kappa shape index (κ2) is 54.7. The molecule has 0 bridgehead atoms. The Bertz CT molecular complexity index is 1060. The molecule has 2 unspecified atom stereocenters. The number of aliphatic hydroxyl groups excluding tert-OH is 2. The van der Waals surface area contributed by atoms with Crippen LogP contribution in [0.1, 0.15) is 303 Å². The molecule has 0 heterocycles. The van der Waals surface area contributed by atoms with Gasteiger partial charge in [-0.05, 0) is 64.2 Å². The largest absolute Gasteiger partial charge is 0.466 e. The monoisotopic (exact) mass is 914 g/mol. The number of hydrogen-bond acceptors (Lipinski definition) is 5. The third kappa shape index (κ3) is 51.3. The van der Waals surface area contributed by atoms with E-state index in [1.54, 1.807) is 6.08 Å². The Morgan fingerprint density at radius 3 is 1.14 bits per heavy atom. The van der Waals surface area contributed by atoms with Crippen LogP contribution < -0.4 is 5.32 Å². The number of rotatable bonds is 53. The molecule has 0 aliphatic heterocycles. The van der Waals surface area contributed by atoms with Gasteiger partial charge in [-0.2, -0.15) is 0 Å². The molecule has 0 aliphatic rings. The van der Waals surface area contributed by atoms with Crippen LogP contribution in [-0.2, 0) is 14.3 Å². The van der Waals surface area contributed by atoms with Crippen molar-refractivity contribution in [2.45, 2.75) is 315 Å². The van der Waals surface area contributed by atoms with Gasteiger partial charge in [-0.3, -0.25) is 9.59 Å². The van der Waals surface area contributed by atoms with Gasteiger partial charge in [0.05, 0.1) is 25.4 Å². The predicted octanol–water partition coefficient (Wildman–Crippen LogP) is 17.6. The van der Waals surface area contributed by atoms with Crippen LogP contribution in [0.25, 0.3) is 0 Å². The van der Waals surface area contributed by atoms with E-state index in [1.807, 2.05) is 6.08 Å². The SMILES string of the molecule is CCCCCCCCCCCCCCC/C=C/C(O)C(CO)NC(=O)CCCCCCCC/C=C\C=C/CCCCCOC(=O)CCCCCCCCCCCCCCCCCCCC. The van der Waals surface area contributed by atoms with E-state index in [4.69, 9.17) is 4.74 Å². The molecule has 0 radical (unpaired) electrons. The second-order valence-electron chi connectivity index (χ2n) is 19.7. The summed E-state index contributed by atoms with van der Waals surface area (Å²) in [5.41, 5.74) is 0. The summed E-state index contributed by atoms with van der Waals surface area (Å²) in [6, 6.07) is -0.644. The fraction of sp³-hybridized carbons (Fsp3) is 0.864. The van der Waals surface area contributed by atoms with E-state index >= 15 is 0 Å². The quantitative estimate of drug-likeness (QED) is 0.0244. The molecule has 0 fully saturated rings. The Morgan fingerprint density at radius 2 is 0.754 bits per heavy atom. The van der Waals surface area contributed by atoms with Gasteiger partial charge in [0.2, 0.25) is 5.91 Å². The highest BCUT2D eigenvalue weighted by atomic mass is 16.5. The zero-order valence-electron chi connectivity index (χ0n) is 43.5. The predicted molar refractivity (Wildman–Crippen MR) is 283 cm³/mol. The second-order valence-corrected chi connectivity index (χ2v) is 19.7. The minimum absolute atomic E-state index is 0.0186. The Labute approximate surface area is 404 Å². The Balaban J connectivity index is 3.52. The van der Waals surface area contributed by atoms with E-state index in [0.29, 0.717) is 19.4 Å². The topological polar surface area (TPSA) is 95.9 Å². The van der Waals surface area contributed by atoms with Crippen LogP contribution in [0.15, 0.2) is 36.5 Å². The molecule has 65 heavy (non-hydrogen) atoms. The lowest BCUT2D eigenvalue weighted by Gasteiger charge is -2.20. The van der Waals surface area contributed by atoms with Crippen molar-refractivity contribution < 1.29 is 24.5 Å². The molecule has 6 heteroatoms. The lowest BCUT2D eigenvalue weighted by molar-refractivity contribution is -0.143. The summed E-state index contributed by atoms with van der Waals surface area (Å²) in [7, 11) is 0. The van der Waals surface area contributed by atoms with E-state index in [-0.39, 0.29) is 18.5 Å². The molecule has 2 atom stereocenters. The average Bonchev–Trinajstić information content (AvgIpc) is 3.31. The highest BCUT2D eigenvalue weighted by Crippen LogP contribution is 2.17. The number of unbranched alkanes of at least 4 members (excludes halogenated alkanes) is 39. The lowest BCUT2D eigenvalue weighted by atomic mass is 10.0. The van der Waals surface area contributed by atoms with E-state index in [9.17, 15) is 19.8 Å². The molecule has 1 amide bonds. The van der Waals surface area contributed by atoms with E-state index in [2.05, 4.69) is 43.5 Å². The van der Waals surface area contributed by atoms with E-state index in [1.165, 1.54) is 199 Å². The fourth-order valence-corrected chi connectivity index (χ4v) is 8.74. The maximum absolute atomic E-state index is 12.4. The molecule has 6 nitrogen and oxygen atoms in total. The highest BCUT2D eigenvalue weighted by Gasteiger charge is 2.18. The van der Waals surface area contributed by atoms with Crippen molar-refractivity contribution >= 4 is 11.9 Å². The first-order valence-electron chi connectivity index (χ1n) is 28.8. The first kappa shape index (κ1) is 63.1. The van der Waals surface area contributed by atoms with Crippen LogP contribution in [0.3, 0.4) is 0 Å². The van der Waals surface area contributed by atoms with Gasteiger partial charge in [0, 0.05) is 12.8 Å². The Morgan fingerprint density at radius 1 is 0.431 bits per heavy atom. The number of amides is 1. The summed E-state index contributed by atoms with van der Waals surface area (Å²) >= 11 is 0. The Kier molecular flexibility index (Phi) is 53.1. The van der Waals surface area contributed by atoms with Gasteiger partial charge in [-0.25, -0.2) is 0 Å². The summed E-state index contributed by atoms with van der Waals surface area (Å²) in [5, 5.41) is 23.1. The molecule has 0 aromatic carbocycles. The number of carbonyl (C=O) groups excluding carboxylic acids is 2. The molecule has 0 saturated heterocycles. The van der Waals surface area contributed by atoms with Crippen LogP contribution in [0.2, 0.25) is 0 Å². The number of hydrogen-bond donors (Lipinski definition) is 3. The number of carbonyl (C=O) groups is 2. The van der Waals surface area contributed by atoms with E-state index < -0.39 is 12.1 Å². The normalized spacial score (nSPS) is 12.9. The third-order valence-corrected chi connectivity index (χ3v) is 13.2. The number of nitrogens with one attached hydrogen (secondary N) is 1. The Hall–Kier alpha value is -1.92. The van der Waals surface area contributed by atoms with Crippen molar-refractivity contribution in [1.82, 2.24) is 5.32 Å². The number of esters is 1. The number of ether oxygens (including phenoxy) is 1. The maximum atomic E-state index is 12.4. The van der Waals surface area contributed by atoms with Gasteiger partial charge in [0.1, 0.15) is 0 Å². The summed E-state index contributed by atoms with van der Waals surface area (Å²) in [6.45, 7) is 4.86. The molecule has 3 N–H and O–H groups in total. The molecule has 382 valence electrons. The molecular weight excluding hydrogens is 803 g/mol. The average molecular weight is 915 g/mol. The summed E-state index contributed by atoms with van der Waals surface area (Å²) in [4.78, 5) is 24.5. The van der Waals surface area contributed by atoms with Crippen LogP contribution in [0.4, 0.5) is 0 Å². The smallest absolute Gasteiger partial charge is 0.305 e. The zero-order valence-corrected chi connectivity index (χ0v) is 43.5. The van der Waals surface area contributed by atoms with Crippen LogP contribution in [-0.4, -0.2) is 47.4 Å². The molecule has 0 spiro atoms. The highest BCUT2D eigenvalue weighted by molar-refractivity contribution is 5.76. The van der Waals surface area contributed by atoms with Crippen LogP contribution in [0.5, 0.6) is 0 Å². The maximum Gasteiger partial charge on any atom is 0.305 e. The van der Waals surface area contributed by atoms with Crippen molar-refractivity contribution in [1.29, 1.82) is 0 Å². The van der Waals surface area contributed by atoms with Gasteiger partial charge in [0.15, 0.2) is 0 Å². The molecule has 0 aromatic rings. The summed E-state index contributed by atoms with van der Waals surface area (Å²) in [5.74, 6) is -0.108. The van der Waals surface area contributed by atoms with Crippen molar-refractivity contribution in [3.63, 3.8) is 0 Å². The molecule has 0 aromatic heterocycles. The van der Waals surface area contributed by atoms with Crippen molar-refractivity contribution in [2.75, 3.05) is 13.2 Å². The number of allylic oxidation sites excluding steroid dienone is 5. The van der Waals surface area contributed by atoms with Crippen molar-refractivity contribution in [3.05, 3.63) is 36.5 Å². The number of aliphatic hydroxyl groups is 2. The molecule has 0 aliphatic carbocycles. The van der Waals surface area contributed by atoms with Gasteiger partial charge in [0.25, 0.3) is 0 Å². The first-order valence-corrected chi connectivity index (χ1v) is 28.8.